The fourth-order valence-corrected chi connectivity index (χ4v) is 3.10. The summed E-state index contributed by atoms with van der Waals surface area (Å²) in [5, 5.41) is 4.09. The smallest absolute Gasteiger partial charge is 0.321 e. The Morgan fingerprint density at radius 2 is 2.00 bits per heavy atom. The number of imide groups is 1. The van der Waals surface area contributed by atoms with Crippen molar-refractivity contribution < 1.29 is 18.0 Å². The maximum Gasteiger partial charge on any atom is 0.321 e. The van der Waals surface area contributed by atoms with Crippen LogP contribution >= 0.6 is 0 Å². The zero-order valence-electron chi connectivity index (χ0n) is 13.4. The van der Waals surface area contributed by atoms with Crippen LogP contribution in [0.1, 0.15) is 26.7 Å². The van der Waals surface area contributed by atoms with E-state index in [4.69, 9.17) is 0 Å². The zero-order chi connectivity index (χ0) is 16.8. The number of hydrogen-bond acceptors (Lipinski definition) is 5. The molecule has 0 spiro atoms. The van der Waals surface area contributed by atoms with Gasteiger partial charge in [0.05, 0.1) is 11.8 Å². The molecule has 0 aromatic carbocycles. The average molecular weight is 334 g/mol. The minimum absolute atomic E-state index is 0.140. The number of carbonyl (C=O) groups is 2. The summed E-state index contributed by atoms with van der Waals surface area (Å²) in [6, 6.07) is -0.525. The number of nitrogens with one attached hydrogen (secondary N) is 3. The van der Waals surface area contributed by atoms with Crippen molar-refractivity contribution in [3.8, 4) is 0 Å². The van der Waals surface area contributed by atoms with Crippen molar-refractivity contribution in [2.45, 2.75) is 31.9 Å². The van der Waals surface area contributed by atoms with E-state index in [-0.39, 0.29) is 18.4 Å². The molecule has 1 aliphatic heterocycles. The second kappa shape index (κ2) is 8.44. The minimum atomic E-state index is -3.26. The van der Waals surface area contributed by atoms with Crippen LogP contribution in [0.2, 0.25) is 0 Å². The summed E-state index contributed by atoms with van der Waals surface area (Å²) in [5.41, 5.74) is 0. The topological polar surface area (TPSA) is 108 Å². The van der Waals surface area contributed by atoms with E-state index in [1.165, 1.54) is 7.05 Å². The normalized spacial score (nSPS) is 19.9. The summed E-state index contributed by atoms with van der Waals surface area (Å²) in [5.74, 6) is -0.183. The lowest BCUT2D eigenvalue weighted by atomic mass is 9.98. The van der Waals surface area contributed by atoms with Crippen molar-refractivity contribution in [2.24, 2.45) is 5.92 Å². The number of hydrogen-bond donors (Lipinski definition) is 3. The van der Waals surface area contributed by atoms with Gasteiger partial charge in [0, 0.05) is 20.1 Å². The largest absolute Gasteiger partial charge is 0.341 e. The summed E-state index contributed by atoms with van der Waals surface area (Å²) >= 11 is 0. The second-order valence-electron chi connectivity index (χ2n) is 5.81. The molecule has 1 saturated heterocycles. The first-order valence-corrected chi connectivity index (χ1v) is 9.01. The number of rotatable bonds is 6. The number of urea groups is 1. The Kier molecular flexibility index (Phi) is 7.24. The van der Waals surface area contributed by atoms with Crippen LogP contribution in [0.15, 0.2) is 0 Å². The first-order valence-electron chi connectivity index (χ1n) is 7.47. The molecule has 1 rings (SSSR count). The van der Waals surface area contributed by atoms with Crippen molar-refractivity contribution in [3.63, 3.8) is 0 Å². The SMILES string of the molecule is CNC(=O)NC(=O)CN1CCCC(CNS(=O)(=O)C(C)C)C1. The molecule has 9 heteroatoms. The van der Waals surface area contributed by atoms with Gasteiger partial charge in [0.15, 0.2) is 0 Å². The van der Waals surface area contributed by atoms with Crippen LogP contribution in [0.25, 0.3) is 0 Å². The standard InChI is InChI=1S/C13H26N4O4S/c1-10(2)22(20,21)15-7-11-5-4-6-17(8-11)9-12(18)16-13(19)14-3/h10-11,15H,4-9H2,1-3H3,(H2,14,16,18,19). The molecule has 1 unspecified atom stereocenters. The fourth-order valence-electron chi connectivity index (χ4n) is 2.29. The summed E-state index contributed by atoms with van der Waals surface area (Å²) in [6.07, 6.45) is 1.83. The van der Waals surface area contributed by atoms with Crippen molar-refractivity contribution in [3.05, 3.63) is 0 Å². The van der Waals surface area contributed by atoms with Gasteiger partial charge < -0.3 is 5.32 Å². The molecule has 1 heterocycles. The van der Waals surface area contributed by atoms with Crippen LogP contribution in [0.5, 0.6) is 0 Å². The number of carbonyl (C=O) groups excluding carboxylic acids is 2. The molecule has 1 atom stereocenters. The number of amides is 3. The molecule has 0 radical (unpaired) electrons. The molecule has 8 nitrogen and oxygen atoms in total. The van der Waals surface area contributed by atoms with Crippen LogP contribution in [0.4, 0.5) is 4.79 Å². The predicted molar refractivity (Wildman–Crippen MR) is 83.8 cm³/mol. The molecule has 3 amide bonds. The van der Waals surface area contributed by atoms with E-state index in [1.54, 1.807) is 13.8 Å². The number of piperidine rings is 1. The number of nitrogens with zero attached hydrogens (tertiary/aromatic N) is 1. The van der Waals surface area contributed by atoms with Gasteiger partial charge in [-0.3, -0.25) is 15.0 Å². The molecule has 0 saturated carbocycles. The van der Waals surface area contributed by atoms with Crippen LogP contribution in [0.3, 0.4) is 0 Å². The molecule has 1 fully saturated rings. The molecule has 128 valence electrons. The molecule has 1 aliphatic rings. The average Bonchev–Trinajstić information content (AvgIpc) is 2.45. The lowest BCUT2D eigenvalue weighted by Crippen LogP contribution is -2.47. The van der Waals surface area contributed by atoms with Crippen LogP contribution in [0, 0.1) is 5.92 Å². The lowest BCUT2D eigenvalue weighted by Gasteiger charge is -2.32. The Hall–Kier alpha value is -1.19. The summed E-state index contributed by atoms with van der Waals surface area (Å²) in [6.45, 7) is 5.21. The molecule has 0 bridgehead atoms. The zero-order valence-corrected chi connectivity index (χ0v) is 14.2. The molecular weight excluding hydrogens is 308 g/mol. The highest BCUT2D eigenvalue weighted by Gasteiger charge is 2.24. The van der Waals surface area contributed by atoms with E-state index in [9.17, 15) is 18.0 Å². The van der Waals surface area contributed by atoms with Gasteiger partial charge in [0.25, 0.3) is 0 Å². The Labute approximate surface area is 132 Å². The molecule has 0 aromatic heterocycles. The van der Waals surface area contributed by atoms with E-state index in [0.717, 1.165) is 19.4 Å². The predicted octanol–water partition coefficient (Wildman–Crippen LogP) is -0.518. The van der Waals surface area contributed by atoms with Gasteiger partial charge in [-0.15, -0.1) is 0 Å². The molecule has 22 heavy (non-hydrogen) atoms. The quantitative estimate of drug-likeness (QED) is 0.606. The Bertz CT molecular complexity index is 492. The lowest BCUT2D eigenvalue weighted by molar-refractivity contribution is -0.121. The van der Waals surface area contributed by atoms with E-state index < -0.39 is 21.3 Å². The molecular formula is C13H26N4O4S. The maximum atomic E-state index is 11.8. The third-order valence-electron chi connectivity index (χ3n) is 3.64. The minimum Gasteiger partial charge on any atom is -0.341 e. The Morgan fingerprint density at radius 3 is 2.59 bits per heavy atom. The van der Waals surface area contributed by atoms with E-state index >= 15 is 0 Å². The summed E-state index contributed by atoms with van der Waals surface area (Å²) in [4.78, 5) is 24.7. The van der Waals surface area contributed by atoms with Gasteiger partial charge in [-0.2, -0.15) is 0 Å². The van der Waals surface area contributed by atoms with Crippen molar-refractivity contribution in [2.75, 3.05) is 33.2 Å². The van der Waals surface area contributed by atoms with Crippen LogP contribution in [-0.4, -0.2) is 63.7 Å². The first kappa shape index (κ1) is 18.9. The Balaban J connectivity index is 2.41. The van der Waals surface area contributed by atoms with E-state index in [0.29, 0.717) is 13.1 Å². The number of sulfonamides is 1. The van der Waals surface area contributed by atoms with Crippen molar-refractivity contribution in [1.82, 2.24) is 20.3 Å². The summed E-state index contributed by atoms with van der Waals surface area (Å²) in [7, 11) is -1.81. The highest BCUT2D eigenvalue weighted by atomic mass is 32.2. The first-order chi connectivity index (χ1) is 10.2. The van der Waals surface area contributed by atoms with Gasteiger partial charge in [0.1, 0.15) is 0 Å². The van der Waals surface area contributed by atoms with Gasteiger partial charge in [0.2, 0.25) is 15.9 Å². The molecule has 0 aliphatic carbocycles. The van der Waals surface area contributed by atoms with Crippen molar-refractivity contribution >= 4 is 22.0 Å². The molecule has 0 aromatic rings. The van der Waals surface area contributed by atoms with E-state index in [2.05, 4.69) is 15.4 Å². The summed E-state index contributed by atoms with van der Waals surface area (Å²) < 4.78 is 26.1. The van der Waals surface area contributed by atoms with Gasteiger partial charge in [-0.05, 0) is 39.2 Å². The fraction of sp³-hybridized carbons (Fsp3) is 0.846. The second-order valence-corrected chi connectivity index (χ2v) is 8.13. The van der Waals surface area contributed by atoms with Gasteiger partial charge in [-0.25, -0.2) is 17.9 Å². The highest BCUT2D eigenvalue weighted by molar-refractivity contribution is 7.90. The molecule has 3 N–H and O–H groups in total. The third-order valence-corrected chi connectivity index (χ3v) is 5.45. The van der Waals surface area contributed by atoms with Gasteiger partial charge >= 0.3 is 6.03 Å². The number of likely N-dealkylation sites (tertiary alicyclic amines) is 1. The highest BCUT2D eigenvalue weighted by Crippen LogP contribution is 2.16. The van der Waals surface area contributed by atoms with Crippen LogP contribution in [-0.2, 0) is 14.8 Å². The van der Waals surface area contributed by atoms with Gasteiger partial charge in [-0.1, -0.05) is 0 Å². The van der Waals surface area contributed by atoms with E-state index in [1.807, 2.05) is 4.90 Å². The monoisotopic (exact) mass is 334 g/mol. The maximum absolute atomic E-state index is 11.8. The third kappa shape index (κ3) is 6.29. The van der Waals surface area contributed by atoms with Crippen LogP contribution < -0.4 is 15.4 Å². The Morgan fingerprint density at radius 1 is 1.32 bits per heavy atom. The van der Waals surface area contributed by atoms with Crippen molar-refractivity contribution in [1.29, 1.82) is 0 Å².